The number of halogens is 9. The molecule has 0 aromatic rings. The summed E-state index contributed by atoms with van der Waals surface area (Å²) >= 11 is -1.68. The van der Waals surface area contributed by atoms with Crippen LogP contribution in [0.25, 0.3) is 0 Å². The predicted octanol–water partition coefficient (Wildman–Crippen LogP) is 3.53. The molecule has 2 unspecified atom stereocenters. The van der Waals surface area contributed by atoms with Gasteiger partial charge in [0, 0.05) is 0 Å². The van der Waals surface area contributed by atoms with Crippen LogP contribution in [0.1, 0.15) is 0 Å². The van der Waals surface area contributed by atoms with Gasteiger partial charge in [-0.1, -0.05) is 0 Å². The fourth-order valence-electron chi connectivity index (χ4n) is 0.990. The second kappa shape index (κ2) is 2.89. The molecule has 0 aliphatic carbocycles. The number of thioether (sulfide) groups is 1. The zero-order valence-corrected chi connectivity index (χ0v) is 7.20. The maximum atomic E-state index is 12.7. The summed E-state index contributed by atoms with van der Waals surface area (Å²) in [5, 5.41) is -5.56. The smallest absolute Gasteiger partial charge is 0.228 e. The molecule has 0 nitrogen and oxygen atoms in total. The van der Waals surface area contributed by atoms with E-state index in [2.05, 4.69) is 0 Å². The van der Waals surface area contributed by atoms with Gasteiger partial charge in [-0.2, -0.15) is 30.7 Å². The van der Waals surface area contributed by atoms with Crippen molar-refractivity contribution in [1.29, 1.82) is 0 Å². The van der Waals surface area contributed by atoms with Crippen molar-refractivity contribution in [2.75, 3.05) is 0 Å². The first-order chi connectivity index (χ1) is 6.38. The molecule has 10 heteroatoms. The first-order valence-corrected chi connectivity index (χ1v) is 4.09. The Bertz CT molecular complexity index is 270. The average Bonchev–Trinajstić information content (AvgIpc) is 2.08. The molecule has 15 heavy (non-hydrogen) atoms. The van der Waals surface area contributed by atoms with Gasteiger partial charge in [-0.3, -0.25) is 0 Å². The zero-order valence-electron chi connectivity index (χ0n) is 6.39. The summed E-state index contributed by atoms with van der Waals surface area (Å²) in [6.45, 7) is 0. The Labute approximate surface area is 80.8 Å². The normalized spacial score (nSPS) is 39.4. The van der Waals surface area contributed by atoms with Crippen LogP contribution in [0.4, 0.5) is 39.5 Å². The SMILES string of the molecule is FC1SC(F)(F)C(F)(C(F)(F)F)C1(F)F. The van der Waals surface area contributed by atoms with Crippen LogP contribution in [0.5, 0.6) is 0 Å². The summed E-state index contributed by atoms with van der Waals surface area (Å²) in [6, 6.07) is 0. The van der Waals surface area contributed by atoms with Gasteiger partial charge in [0.2, 0.25) is 5.50 Å². The highest BCUT2D eigenvalue weighted by atomic mass is 32.2. The maximum Gasteiger partial charge on any atom is 0.435 e. The Morgan fingerprint density at radius 2 is 1.33 bits per heavy atom. The van der Waals surface area contributed by atoms with Crippen molar-refractivity contribution < 1.29 is 39.5 Å². The van der Waals surface area contributed by atoms with Crippen LogP contribution in [-0.4, -0.2) is 28.5 Å². The third-order valence-corrected chi connectivity index (χ3v) is 2.87. The lowest BCUT2D eigenvalue weighted by Gasteiger charge is -2.31. The highest BCUT2D eigenvalue weighted by Gasteiger charge is 2.90. The minimum atomic E-state index is -6.56. The van der Waals surface area contributed by atoms with Gasteiger partial charge in [-0.25, -0.2) is 8.78 Å². The summed E-state index contributed by atoms with van der Waals surface area (Å²) in [7, 11) is 0. The third-order valence-electron chi connectivity index (χ3n) is 1.79. The van der Waals surface area contributed by atoms with Crippen LogP contribution in [0.15, 0.2) is 0 Å². The zero-order chi connectivity index (χ0) is 12.3. The predicted molar refractivity (Wildman–Crippen MR) is 32.3 cm³/mol. The third kappa shape index (κ3) is 1.32. The molecule has 0 bridgehead atoms. The summed E-state index contributed by atoms with van der Waals surface area (Å²) < 4.78 is 110. The Morgan fingerprint density at radius 1 is 0.933 bits per heavy atom. The minimum Gasteiger partial charge on any atom is -0.228 e. The number of rotatable bonds is 0. The maximum absolute atomic E-state index is 12.7. The van der Waals surface area contributed by atoms with Gasteiger partial charge in [-0.15, -0.1) is 0 Å². The lowest BCUT2D eigenvalue weighted by Crippen LogP contribution is -2.61. The molecule has 0 N–H and O–H groups in total. The molecular weight excluding hydrogens is 263 g/mol. The van der Waals surface area contributed by atoms with Crippen LogP contribution < -0.4 is 0 Å². The lowest BCUT2D eigenvalue weighted by atomic mass is 9.98. The molecule has 0 saturated carbocycles. The van der Waals surface area contributed by atoms with E-state index < -0.39 is 40.3 Å². The first-order valence-electron chi connectivity index (χ1n) is 3.21. The molecule has 0 radical (unpaired) electrons. The van der Waals surface area contributed by atoms with Gasteiger partial charge in [-0.05, 0) is 11.8 Å². The topological polar surface area (TPSA) is 0 Å². The second-order valence-electron chi connectivity index (χ2n) is 2.73. The van der Waals surface area contributed by atoms with Crippen LogP contribution in [0.3, 0.4) is 0 Å². The van der Waals surface area contributed by atoms with E-state index in [1.165, 1.54) is 0 Å². The second-order valence-corrected chi connectivity index (χ2v) is 3.89. The molecule has 1 saturated heterocycles. The van der Waals surface area contributed by atoms with Gasteiger partial charge in [0.05, 0.1) is 0 Å². The molecule has 1 aliphatic rings. The van der Waals surface area contributed by atoms with E-state index in [1.54, 1.807) is 0 Å². The molecule has 0 spiro atoms. The summed E-state index contributed by atoms with van der Waals surface area (Å²) in [5.74, 6) is -5.82. The lowest BCUT2D eigenvalue weighted by molar-refractivity contribution is -0.340. The molecular formula is C5HF9S. The van der Waals surface area contributed by atoms with Crippen molar-refractivity contribution in [1.82, 2.24) is 0 Å². The Hall–Kier alpha value is -0.280. The van der Waals surface area contributed by atoms with Crippen molar-refractivity contribution in [2.24, 2.45) is 0 Å². The molecule has 2 atom stereocenters. The van der Waals surface area contributed by atoms with Crippen LogP contribution in [-0.2, 0) is 0 Å². The van der Waals surface area contributed by atoms with E-state index in [-0.39, 0.29) is 0 Å². The van der Waals surface area contributed by atoms with Gasteiger partial charge < -0.3 is 0 Å². The Balaban J connectivity index is 3.36. The quantitative estimate of drug-likeness (QED) is 0.603. The number of alkyl halides is 9. The summed E-state index contributed by atoms with van der Waals surface area (Å²) in [5.41, 5.74) is -10.1. The van der Waals surface area contributed by atoms with Crippen molar-refractivity contribution in [3.05, 3.63) is 0 Å². The van der Waals surface area contributed by atoms with Crippen LogP contribution in [0.2, 0.25) is 0 Å². The van der Waals surface area contributed by atoms with Gasteiger partial charge in [0.15, 0.2) is 0 Å². The standard InChI is InChI=1S/C5HF9S/c6-1-2(7,8)3(9,4(10,11)12)5(13,14)15-1/h1H. The number of hydrogen-bond donors (Lipinski definition) is 0. The van der Waals surface area contributed by atoms with E-state index in [9.17, 15) is 39.5 Å². The molecule has 0 aromatic carbocycles. The molecule has 1 aliphatic heterocycles. The van der Waals surface area contributed by atoms with E-state index in [1.807, 2.05) is 0 Å². The van der Waals surface area contributed by atoms with Crippen molar-refractivity contribution >= 4 is 11.8 Å². The van der Waals surface area contributed by atoms with E-state index in [0.717, 1.165) is 0 Å². The van der Waals surface area contributed by atoms with E-state index in [0.29, 0.717) is 0 Å². The Kier molecular flexibility index (Phi) is 2.46. The number of hydrogen-bond acceptors (Lipinski definition) is 1. The average molecular weight is 264 g/mol. The van der Waals surface area contributed by atoms with E-state index in [4.69, 9.17) is 0 Å². The molecule has 1 fully saturated rings. The summed E-state index contributed by atoms with van der Waals surface area (Å²) in [4.78, 5) is 0. The highest BCUT2D eigenvalue weighted by Crippen LogP contribution is 2.67. The monoisotopic (exact) mass is 264 g/mol. The minimum absolute atomic E-state index is 1.68. The molecule has 1 heterocycles. The van der Waals surface area contributed by atoms with Crippen molar-refractivity contribution in [3.8, 4) is 0 Å². The molecule has 1 rings (SSSR count). The van der Waals surface area contributed by atoms with Crippen molar-refractivity contribution in [2.45, 2.75) is 28.5 Å². The van der Waals surface area contributed by atoms with Crippen LogP contribution in [0, 0.1) is 0 Å². The van der Waals surface area contributed by atoms with E-state index >= 15 is 0 Å². The first kappa shape index (κ1) is 12.8. The summed E-state index contributed by atoms with van der Waals surface area (Å²) in [6.07, 6.45) is -6.56. The van der Waals surface area contributed by atoms with Gasteiger partial charge >= 0.3 is 23.0 Å². The fraction of sp³-hybridized carbons (Fsp3) is 1.00. The fourth-order valence-corrected chi connectivity index (χ4v) is 1.97. The van der Waals surface area contributed by atoms with Gasteiger partial charge in [0.1, 0.15) is 0 Å². The molecule has 90 valence electrons. The molecule has 0 aromatic heterocycles. The molecule has 0 amide bonds. The highest BCUT2D eigenvalue weighted by molar-refractivity contribution is 8.01. The van der Waals surface area contributed by atoms with Crippen molar-refractivity contribution in [3.63, 3.8) is 0 Å². The Morgan fingerprint density at radius 3 is 1.47 bits per heavy atom. The van der Waals surface area contributed by atoms with Crippen LogP contribution >= 0.6 is 11.8 Å². The largest absolute Gasteiger partial charge is 0.435 e. The van der Waals surface area contributed by atoms with Gasteiger partial charge in [0.25, 0.3) is 0 Å².